The van der Waals surface area contributed by atoms with Crippen molar-refractivity contribution < 1.29 is 4.52 Å². The molecule has 1 atom stereocenters. The highest BCUT2D eigenvalue weighted by molar-refractivity contribution is 6.30. The molecule has 3 rings (SSSR count). The van der Waals surface area contributed by atoms with E-state index in [0.29, 0.717) is 6.04 Å². The summed E-state index contributed by atoms with van der Waals surface area (Å²) < 4.78 is 5.44. The summed E-state index contributed by atoms with van der Waals surface area (Å²) in [6.07, 6.45) is 4.42. The third-order valence-corrected chi connectivity index (χ3v) is 4.29. The van der Waals surface area contributed by atoms with Crippen LogP contribution in [0, 0.1) is 0 Å². The molecule has 2 aromatic rings. The molecule has 0 saturated carbocycles. The molecule has 21 heavy (non-hydrogen) atoms. The van der Waals surface area contributed by atoms with Gasteiger partial charge in [-0.15, -0.1) is 0 Å². The first-order chi connectivity index (χ1) is 10.3. The predicted molar refractivity (Wildman–Crippen MR) is 84.3 cm³/mol. The van der Waals surface area contributed by atoms with Gasteiger partial charge >= 0.3 is 0 Å². The van der Waals surface area contributed by atoms with E-state index in [0.717, 1.165) is 48.8 Å². The number of benzene rings is 1. The summed E-state index contributed by atoms with van der Waals surface area (Å²) in [5.41, 5.74) is 2.34. The number of halogens is 1. The van der Waals surface area contributed by atoms with Crippen molar-refractivity contribution >= 4 is 11.6 Å². The molecule has 0 bridgehead atoms. The maximum Gasteiger partial charge on any atom is 0.137 e. The Balaban J connectivity index is 1.72. The fourth-order valence-corrected chi connectivity index (χ4v) is 3.28. The predicted octanol–water partition coefficient (Wildman–Crippen LogP) is 4.62. The van der Waals surface area contributed by atoms with Gasteiger partial charge in [0.25, 0.3) is 0 Å². The van der Waals surface area contributed by atoms with Gasteiger partial charge in [-0.2, -0.15) is 0 Å². The Kier molecular flexibility index (Phi) is 4.61. The van der Waals surface area contributed by atoms with Crippen molar-refractivity contribution in [2.75, 3.05) is 6.54 Å². The first kappa shape index (κ1) is 14.6. The smallest absolute Gasteiger partial charge is 0.137 e. The average molecular weight is 305 g/mol. The summed E-state index contributed by atoms with van der Waals surface area (Å²) in [6.45, 7) is 4.18. The van der Waals surface area contributed by atoms with Crippen molar-refractivity contribution in [1.29, 1.82) is 0 Å². The van der Waals surface area contributed by atoms with Gasteiger partial charge in [-0.1, -0.05) is 35.8 Å². The molecule has 1 aromatic carbocycles. The van der Waals surface area contributed by atoms with E-state index in [2.05, 4.69) is 29.1 Å². The maximum atomic E-state index is 6.08. The van der Waals surface area contributed by atoms with Crippen LogP contribution in [0.4, 0.5) is 0 Å². The van der Waals surface area contributed by atoms with Crippen LogP contribution in [0.5, 0.6) is 0 Å². The Morgan fingerprint density at radius 1 is 1.38 bits per heavy atom. The lowest BCUT2D eigenvalue weighted by Gasteiger charge is -2.22. The van der Waals surface area contributed by atoms with E-state index in [1.807, 2.05) is 18.2 Å². The first-order valence-electron chi connectivity index (χ1n) is 7.70. The second kappa shape index (κ2) is 6.63. The van der Waals surface area contributed by atoms with Crippen molar-refractivity contribution in [2.24, 2.45) is 0 Å². The number of rotatable bonds is 5. The van der Waals surface area contributed by atoms with Crippen LogP contribution in [-0.4, -0.2) is 16.6 Å². The quantitative estimate of drug-likeness (QED) is 0.807. The van der Waals surface area contributed by atoms with E-state index in [1.165, 1.54) is 12.0 Å². The van der Waals surface area contributed by atoms with Crippen LogP contribution < -0.4 is 0 Å². The molecule has 0 spiro atoms. The van der Waals surface area contributed by atoms with E-state index in [9.17, 15) is 0 Å². The molecular weight excluding hydrogens is 284 g/mol. The van der Waals surface area contributed by atoms with Crippen LogP contribution in [0.15, 0.2) is 34.9 Å². The number of hydrogen-bond donors (Lipinski definition) is 0. The molecule has 0 radical (unpaired) electrons. The van der Waals surface area contributed by atoms with E-state index in [-0.39, 0.29) is 0 Å². The van der Waals surface area contributed by atoms with Gasteiger partial charge < -0.3 is 4.52 Å². The molecule has 1 aromatic heterocycles. The Morgan fingerprint density at radius 3 is 3.10 bits per heavy atom. The van der Waals surface area contributed by atoms with Crippen LogP contribution in [0.3, 0.4) is 0 Å². The lowest BCUT2D eigenvalue weighted by molar-refractivity contribution is 0.236. The minimum atomic E-state index is 0.373. The lowest BCUT2D eigenvalue weighted by Crippen LogP contribution is -2.22. The normalized spacial score (nSPS) is 19.2. The second-order valence-corrected chi connectivity index (χ2v) is 6.16. The van der Waals surface area contributed by atoms with E-state index >= 15 is 0 Å². The number of nitrogens with zero attached hydrogens (tertiary/aromatic N) is 2. The van der Waals surface area contributed by atoms with Crippen molar-refractivity contribution in [3.63, 3.8) is 0 Å². The van der Waals surface area contributed by atoms with Crippen LogP contribution in [-0.2, 0) is 13.0 Å². The Hall–Kier alpha value is -1.32. The number of aryl methyl sites for hydroxylation is 1. The summed E-state index contributed by atoms with van der Waals surface area (Å²) in [5.74, 6) is 1.00. The molecule has 1 aliphatic heterocycles. The minimum Gasteiger partial charge on any atom is -0.361 e. The van der Waals surface area contributed by atoms with Gasteiger partial charge in [-0.05, 0) is 43.5 Å². The standard InChI is InChI=1S/C17H21ClN2O/c1-2-5-15-11-16(19-21-15)17-8-4-9-20(17)12-13-6-3-7-14(18)10-13/h3,6-7,10-11,17H,2,4-5,8-9,12H2,1H3. The number of aromatic nitrogens is 1. The molecule has 1 fully saturated rings. The van der Waals surface area contributed by atoms with Gasteiger partial charge in [-0.25, -0.2) is 0 Å². The van der Waals surface area contributed by atoms with Crippen LogP contribution in [0.25, 0.3) is 0 Å². The van der Waals surface area contributed by atoms with E-state index < -0.39 is 0 Å². The van der Waals surface area contributed by atoms with E-state index in [1.54, 1.807) is 0 Å². The fourth-order valence-electron chi connectivity index (χ4n) is 3.07. The SMILES string of the molecule is CCCc1cc(C2CCCN2Cc2cccc(Cl)c2)no1. The molecule has 112 valence electrons. The van der Waals surface area contributed by atoms with E-state index in [4.69, 9.17) is 16.1 Å². The van der Waals surface area contributed by atoms with Crippen LogP contribution >= 0.6 is 11.6 Å². The lowest BCUT2D eigenvalue weighted by atomic mass is 10.1. The van der Waals surface area contributed by atoms with Gasteiger partial charge in [0.15, 0.2) is 0 Å². The zero-order chi connectivity index (χ0) is 14.7. The van der Waals surface area contributed by atoms with Crippen LogP contribution in [0.1, 0.15) is 49.2 Å². The summed E-state index contributed by atoms with van der Waals surface area (Å²) in [5, 5.41) is 5.08. The van der Waals surface area contributed by atoms with Gasteiger partial charge in [0.1, 0.15) is 11.5 Å². The summed E-state index contributed by atoms with van der Waals surface area (Å²) >= 11 is 6.08. The Morgan fingerprint density at radius 2 is 2.29 bits per heavy atom. The number of likely N-dealkylation sites (tertiary alicyclic amines) is 1. The van der Waals surface area contributed by atoms with Crippen molar-refractivity contribution in [3.05, 3.63) is 52.4 Å². The van der Waals surface area contributed by atoms with Crippen molar-refractivity contribution in [2.45, 2.75) is 45.2 Å². The molecule has 1 aliphatic rings. The average Bonchev–Trinajstić information content (AvgIpc) is 3.08. The molecule has 4 heteroatoms. The van der Waals surface area contributed by atoms with Gasteiger partial charge in [0, 0.05) is 24.1 Å². The van der Waals surface area contributed by atoms with Gasteiger partial charge in [0.05, 0.1) is 6.04 Å². The maximum absolute atomic E-state index is 6.08. The monoisotopic (exact) mass is 304 g/mol. The molecule has 1 saturated heterocycles. The highest BCUT2D eigenvalue weighted by atomic mass is 35.5. The van der Waals surface area contributed by atoms with Gasteiger partial charge in [0.2, 0.25) is 0 Å². The third kappa shape index (κ3) is 3.47. The van der Waals surface area contributed by atoms with Crippen LogP contribution in [0.2, 0.25) is 5.02 Å². The molecule has 0 N–H and O–H groups in total. The van der Waals surface area contributed by atoms with Gasteiger partial charge in [-0.3, -0.25) is 4.90 Å². The zero-order valence-corrected chi connectivity index (χ0v) is 13.1. The highest BCUT2D eigenvalue weighted by Gasteiger charge is 2.28. The highest BCUT2D eigenvalue weighted by Crippen LogP contribution is 2.33. The number of hydrogen-bond acceptors (Lipinski definition) is 3. The second-order valence-electron chi connectivity index (χ2n) is 5.73. The molecule has 1 unspecified atom stereocenters. The third-order valence-electron chi connectivity index (χ3n) is 4.05. The van der Waals surface area contributed by atoms with Crippen molar-refractivity contribution in [1.82, 2.24) is 10.1 Å². The largest absolute Gasteiger partial charge is 0.361 e. The summed E-state index contributed by atoms with van der Waals surface area (Å²) in [4.78, 5) is 2.47. The Bertz CT molecular complexity index is 596. The molecule has 0 aliphatic carbocycles. The molecular formula is C17H21ClN2O. The zero-order valence-electron chi connectivity index (χ0n) is 12.4. The first-order valence-corrected chi connectivity index (χ1v) is 8.08. The minimum absolute atomic E-state index is 0.373. The Labute approximate surface area is 130 Å². The fraction of sp³-hybridized carbons (Fsp3) is 0.471. The summed E-state index contributed by atoms with van der Waals surface area (Å²) in [7, 11) is 0. The topological polar surface area (TPSA) is 29.3 Å². The molecule has 0 amide bonds. The summed E-state index contributed by atoms with van der Waals surface area (Å²) in [6, 6.07) is 10.6. The molecule has 2 heterocycles. The van der Waals surface area contributed by atoms with Crippen molar-refractivity contribution in [3.8, 4) is 0 Å². The molecule has 3 nitrogen and oxygen atoms in total.